The highest BCUT2D eigenvalue weighted by Crippen LogP contribution is 1.91. The summed E-state index contributed by atoms with van der Waals surface area (Å²) >= 11 is 0. The summed E-state index contributed by atoms with van der Waals surface area (Å²) in [5.74, 6) is -1.69. The van der Waals surface area contributed by atoms with Crippen LogP contribution in [-0.2, 0) is 4.79 Å². The SMILES string of the molecule is O=C(N[C@@H](CO)C(=O)Nn1cnnc1)c1c[nH]c(=O)[nH]c1=O. The number of aliphatic hydroxyl groups excluding tert-OH is 1. The average Bonchev–Trinajstić information content (AvgIpc) is 2.97. The predicted molar refractivity (Wildman–Crippen MR) is 70.4 cm³/mol. The Morgan fingerprint density at radius 1 is 1.32 bits per heavy atom. The van der Waals surface area contributed by atoms with Crippen molar-refractivity contribution in [1.29, 1.82) is 0 Å². The zero-order valence-corrected chi connectivity index (χ0v) is 10.9. The lowest BCUT2D eigenvalue weighted by Gasteiger charge is -2.15. The minimum absolute atomic E-state index is 0.407. The van der Waals surface area contributed by atoms with Gasteiger partial charge in [0.05, 0.1) is 6.61 Å². The van der Waals surface area contributed by atoms with Crippen molar-refractivity contribution in [2.24, 2.45) is 0 Å². The van der Waals surface area contributed by atoms with Crippen LogP contribution >= 0.6 is 0 Å². The second kappa shape index (κ2) is 6.45. The van der Waals surface area contributed by atoms with Crippen LogP contribution < -0.4 is 22.0 Å². The molecule has 0 aliphatic carbocycles. The normalized spacial score (nSPS) is 11.7. The molecule has 0 saturated heterocycles. The van der Waals surface area contributed by atoms with Crippen molar-refractivity contribution in [1.82, 2.24) is 30.2 Å². The Bertz CT molecular complexity index is 777. The molecule has 0 bridgehead atoms. The van der Waals surface area contributed by atoms with Crippen LogP contribution in [0.4, 0.5) is 0 Å². The molecule has 2 amide bonds. The van der Waals surface area contributed by atoms with E-state index in [1.165, 1.54) is 12.7 Å². The van der Waals surface area contributed by atoms with E-state index in [1.807, 2.05) is 4.98 Å². The number of carbonyl (C=O) groups is 2. The summed E-state index contributed by atoms with van der Waals surface area (Å²) in [5, 5.41) is 18.2. The summed E-state index contributed by atoms with van der Waals surface area (Å²) in [7, 11) is 0. The monoisotopic (exact) mass is 309 g/mol. The molecule has 12 nitrogen and oxygen atoms in total. The van der Waals surface area contributed by atoms with Gasteiger partial charge in [0.1, 0.15) is 24.3 Å². The van der Waals surface area contributed by atoms with Gasteiger partial charge in [-0.15, -0.1) is 10.2 Å². The van der Waals surface area contributed by atoms with Gasteiger partial charge < -0.3 is 15.4 Å². The Balaban J connectivity index is 2.09. The van der Waals surface area contributed by atoms with Crippen molar-refractivity contribution < 1.29 is 14.7 Å². The van der Waals surface area contributed by atoms with Crippen LogP contribution in [0.5, 0.6) is 0 Å². The van der Waals surface area contributed by atoms with Crippen molar-refractivity contribution in [3.05, 3.63) is 45.3 Å². The Labute approximate surface area is 121 Å². The maximum Gasteiger partial charge on any atom is 0.325 e. The fourth-order valence-electron chi connectivity index (χ4n) is 1.47. The molecule has 0 aliphatic rings. The average molecular weight is 309 g/mol. The number of H-pyrrole nitrogens is 2. The summed E-state index contributed by atoms with van der Waals surface area (Å²) < 4.78 is 1.12. The van der Waals surface area contributed by atoms with E-state index in [9.17, 15) is 24.3 Å². The number of amides is 2. The van der Waals surface area contributed by atoms with Crippen LogP contribution in [0, 0.1) is 0 Å². The first-order chi connectivity index (χ1) is 10.5. The van der Waals surface area contributed by atoms with E-state index in [1.54, 1.807) is 0 Å². The molecule has 0 fully saturated rings. The Kier molecular flexibility index (Phi) is 4.43. The van der Waals surface area contributed by atoms with Crippen molar-refractivity contribution in [2.75, 3.05) is 12.0 Å². The van der Waals surface area contributed by atoms with Crippen molar-refractivity contribution in [2.45, 2.75) is 6.04 Å². The number of rotatable bonds is 5. The first kappa shape index (κ1) is 15.1. The number of hydrogen-bond acceptors (Lipinski definition) is 7. The maximum absolute atomic E-state index is 11.9. The number of aliphatic hydroxyl groups is 1. The standard InChI is InChI=1S/C10H11N7O5/c18-2-6(9(21)16-17-3-12-13-4-17)14-7(19)5-1-11-10(22)15-8(5)20/h1,3-4,6,18H,2H2,(H,14,19)(H,16,21)(H2,11,15,20,22)/t6-/m0/s1. The minimum atomic E-state index is -1.32. The summed E-state index contributed by atoms with van der Waals surface area (Å²) in [5.41, 5.74) is 0.189. The van der Waals surface area contributed by atoms with Gasteiger partial charge in [0, 0.05) is 6.20 Å². The highest BCUT2D eigenvalue weighted by Gasteiger charge is 2.22. The molecule has 0 aromatic carbocycles. The molecule has 12 heteroatoms. The third-order valence-electron chi connectivity index (χ3n) is 2.53. The third-order valence-corrected chi connectivity index (χ3v) is 2.53. The predicted octanol–water partition coefficient (Wildman–Crippen LogP) is -3.48. The molecule has 0 aliphatic heterocycles. The number of aromatic amines is 2. The van der Waals surface area contributed by atoms with Gasteiger partial charge in [-0.2, -0.15) is 0 Å². The Morgan fingerprint density at radius 3 is 2.59 bits per heavy atom. The minimum Gasteiger partial charge on any atom is -0.394 e. The third kappa shape index (κ3) is 3.43. The Morgan fingerprint density at radius 2 is 2.00 bits per heavy atom. The second-order valence-corrected chi connectivity index (χ2v) is 4.04. The lowest BCUT2D eigenvalue weighted by atomic mass is 10.2. The van der Waals surface area contributed by atoms with E-state index < -0.39 is 41.3 Å². The van der Waals surface area contributed by atoms with Crippen molar-refractivity contribution in [3.8, 4) is 0 Å². The van der Waals surface area contributed by atoms with E-state index >= 15 is 0 Å². The van der Waals surface area contributed by atoms with Gasteiger partial charge in [0.2, 0.25) is 0 Å². The fraction of sp³-hybridized carbons (Fsp3) is 0.200. The summed E-state index contributed by atoms with van der Waals surface area (Å²) in [6.07, 6.45) is 3.30. The first-order valence-electron chi connectivity index (χ1n) is 5.90. The van der Waals surface area contributed by atoms with Gasteiger partial charge in [-0.05, 0) is 0 Å². The summed E-state index contributed by atoms with van der Waals surface area (Å²) in [4.78, 5) is 50.0. The highest BCUT2D eigenvalue weighted by molar-refractivity contribution is 5.98. The molecular formula is C10H11N7O5. The van der Waals surface area contributed by atoms with Crippen molar-refractivity contribution >= 4 is 11.8 Å². The van der Waals surface area contributed by atoms with Crippen LogP contribution in [0.15, 0.2) is 28.4 Å². The number of hydrogen-bond donors (Lipinski definition) is 5. The van der Waals surface area contributed by atoms with Gasteiger partial charge in [-0.3, -0.25) is 24.8 Å². The van der Waals surface area contributed by atoms with Gasteiger partial charge in [-0.25, -0.2) is 9.47 Å². The van der Waals surface area contributed by atoms with Crippen molar-refractivity contribution in [3.63, 3.8) is 0 Å². The quantitative estimate of drug-likeness (QED) is 0.381. The molecule has 0 spiro atoms. The second-order valence-electron chi connectivity index (χ2n) is 4.04. The van der Waals surface area contributed by atoms with Gasteiger partial charge in [0.15, 0.2) is 0 Å². The zero-order valence-electron chi connectivity index (χ0n) is 10.9. The fourth-order valence-corrected chi connectivity index (χ4v) is 1.47. The largest absolute Gasteiger partial charge is 0.394 e. The number of nitrogens with zero attached hydrogens (tertiary/aromatic N) is 3. The molecule has 2 aromatic heterocycles. The molecule has 116 valence electrons. The van der Waals surface area contributed by atoms with Gasteiger partial charge >= 0.3 is 5.69 Å². The molecule has 22 heavy (non-hydrogen) atoms. The molecule has 2 aromatic rings. The number of nitrogens with one attached hydrogen (secondary N) is 4. The molecule has 2 heterocycles. The molecule has 0 saturated carbocycles. The van der Waals surface area contributed by atoms with Crippen LogP contribution in [-0.4, -0.2) is 54.4 Å². The van der Waals surface area contributed by atoms with Crippen LogP contribution in [0.3, 0.4) is 0 Å². The molecule has 5 N–H and O–H groups in total. The summed E-state index contributed by atoms with van der Waals surface area (Å²) in [6, 6.07) is -1.32. The number of aromatic nitrogens is 5. The Hall–Kier alpha value is -3.28. The van der Waals surface area contributed by atoms with E-state index in [0.717, 1.165) is 10.9 Å². The van der Waals surface area contributed by atoms with Crippen LogP contribution in [0.1, 0.15) is 10.4 Å². The summed E-state index contributed by atoms with van der Waals surface area (Å²) in [6.45, 7) is -0.707. The van der Waals surface area contributed by atoms with E-state index in [0.29, 0.717) is 0 Å². The van der Waals surface area contributed by atoms with Gasteiger partial charge in [-0.1, -0.05) is 0 Å². The molecule has 0 unspecified atom stereocenters. The topological polar surface area (TPSA) is 175 Å². The molecule has 2 rings (SSSR count). The highest BCUT2D eigenvalue weighted by atomic mass is 16.3. The van der Waals surface area contributed by atoms with E-state index in [-0.39, 0.29) is 0 Å². The van der Waals surface area contributed by atoms with E-state index in [2.05, 4.69) is 25.9 Å². The lowest BCUT2D eigenvalue weighted by Crippen LogP contribution is -2.49. The smallest absolute Gasteiger partial charge is 0.325 e. The van der Waals surface area contributed by atoms with Gasteiger partial charge in [0.25, 0.3) is 17.4 Å². The molecular weight excluding hydrogens is 298 g/mol. The maximum atomic E-state index is 11.9. The van der Waals surface area contributed by atoms with Crippen LogP contribution in [0.2, 0.25) is 0 Å². The molecule has 1 atom stereocenters. The van der Waals surface area contributed by atoms with Crippen LogP contribution in [0.25, 0.3) is 0 Å². The van der Waals surface area contributed by atoms with E-state index in [4.69, 9.17) is 0 Å². The molecule has 0 radical (unpaired) electrons. The first-order valence-corrected chi connectivity index (χ1v) is 5.90. The zero-order chi connectivity index (χ0) is 16.1. The lowest BCUT2D eigenvalue weighted by molar-refractivity contribution is -0.119. The number of carbonyl (C=O) groups excluding carboxylic acids is 2.